The molecular weight excluding hydrogens is 238 g/mol. The summed E-state index contributed by atoms with van der Waals surface area (Å²) in [5, 5.41) is 3.27. The second-order valence-corrected chi connectivity index (χ2v) is 3.68. The summed E-state index contributed by atoms with van der Waals surface area (Å²) in [5.41, 5.74) is 2.53. The highest BCUT2D eigenvalue weighted by molar-refractivity contribution is 6.25. The first kappa shape index (κ1) is 13.9. The van der Waals surface area contributed by atoms with Crippen LogP contribution in [0.4, 0.5) is 0 Å². The fraction of sp³-hybridized carbons (Fsp3) is 0.385. The molecule has 1 aromatic rings. The van der Waals surface area contributed by atoms with Crippen molar-refractivity contribution in [2.24, 2.45) is 0 Å². The van der Waals surface area contributed by atoms with Crippen LogP contribution in [0.15, 0.2) is 29.8 Å². The van der Waals surface area contributed by atoms with Gasteiger partial charge in [0.1, 0.15) is 18.1 Å². The fourth-order valence-corrected chi connectivity index (χ4v) is 1.47. The highest BCUT2D eigenvalue weighted by Crippen LogP contribution is 2.24. The molecule has 1 aromatic carbocycles. The third-order valence-electron chi connectivity index (χ3n) is 2.26. The molecule has 0 heterocycles. The second-order valence-electron chi connectivity index (χ2n) is 3.43. The fourth-order valence-electron chi connectivity index (χ4n) is 1.40. The average Bonchev–Trinajstić information content (AvgIpc) is 2.37. The molecule has 3 nitrogen and oxygen atoms in total. The van der Waals surface area contributed by atoms with Gasteiger partial charge in [-0.05, 0) is 30.8 Å². The molecule has 0 atom stereocenters. The van der Waals surface area contributed by atoms with Gasteiger partial charge in [0.15, 0.2) is 0 Å². The number of rotatable bonds is 7. The smallest absolute Gasteiger partial charge is 0.124 e. The molecule has 0 amide bonds. The molecule has 0 aromatic heterocycles. The lowest BCUT2D eigenvalue weighted by atomic mass is 10.2. The highest BCUT2D eigenvalue weighted by Gasteiger charge is 2.04. The largest absolute Gasteiger partial charge is 0.497 e. The number of nitrogens with one attached hydrogen (secondary N) is 1. The second kappa shape index (κ2) is 7.98. The van der Waals surface area contributed by atoms with Crippen molar-refractivity contribution in [3.8, 4) is 11.5 Å². The molecule has 0 fully saturated rings. The summed E-state index contributed by atoms with van der Waals surface area (Å²) in [6, 6.07) is 5.77. The number of methoxy groups -OCH3 is 1. The molecule has 1 rings (SSSR count). The van der Waals surface area contributed by atoms with E-state index >= 15 is 0 Å². The van der Waals surface area contributed by atoms with Crippen molar-refractivity contribution >= 4 is 11.6 Å². The lowest BCUT2D eigenvalue weighted by molar-refractivity contribution is 0.355. The van der Waals surface area contributed by atoms with Gasteiger partial charge in [0.25, 0.3) is 0 Å². The van der Waals surface area contributed by atoms with Crippen LogP contribution in [0, 0.1) is 0 Å². The van der Waals surface area contributed by atoms with Crippen LogP contribution < -0.4 is 14.8 Å². The summed E-state index contributed by atoms with van der Waals surface area (Å²) in [6.07, 6.45) is 1.75. The van der Waals surface area contributed by atoms with E-state index < -0.39 is 0 Å². The van der Waals surface area contributed by atoms with E-state index in [0.717, 1.165) is 30.2 Å². The van der Waals surface area contributed by atoms with Crippen molar-refractivity contribution in [3.63, 3.8) is 0 Å². The van der Waals surface area contributed by atoms with Crippen molar-refractivity contribution in [3.05, 3.63) is 35.4 Å². The molecule has 0 aliphatic heterocycles. The van der Waals surface area contributed by atoms with Gasteiger partial charge in [-0.2, -0.15) is 0 Å². The Bertz CT molecular complexity index is 366. The summed E-state index contributed by atoms with van der Waals surface area (Å²) in [7, 11) is 1.66. The SMILES string of the molecule is CCNCc1cc(OC)ccc1OC/C=C/Cl. The Labute approximate surface area is 107 Å². The number of halogens is 1. The standard InChI is InChI=1S/C13H18ClNO2/c1-3-15-10-11-9-12(16-2)5-6-13(11)17-8-4-7-14/h4-7,9,15H,3,8,10H2,1-2H3/b7-4+. The Morgan fingerprint density at radius 2 is 2.24 bits per heavy atom. The molecule has 4 heteroatoms. The number of benzene rings is 1. The predicted molar refractivity (Wildman–Crippen MR) is 70.9 cm³/mol. The first-order chi connectivity index (χ1) is 8.31. The first-order valence-corrected chi connectivity index (χ1v) is 6.01. The van der Waals surface area contributed by atoms with Crippen LogP contribution in [0.1, 0.15) is 12.5 Å². The van der Waals surface area contributed by atoms with E-state index in [1.165, 1.54) is 5.54 Å². The Kier molecular flexibility index (Phi) is 6.51. The van der Waals surface area contributed by atoms with Crippen LogP contribution in [0.25, 0.3) is 0 Å². The first-order valence-electron chi connectivity index (χ1n) is 5.57. The van der Waals surface area contributed by atoms with Gasteiger partial charge in [0.2, 0.25) is 0 Å². The molecule has 1 N–H and O–H groups in total. The average molecular weight is 256 g/mol. The Morgan fingerprint density at radius 1 is 1.41 bits per heavy atom. The summed E-state index contributed by atoms with van der Waals surface area (Å²) >= 11 is 5.45. The van der Waals surface area contributed by atoms with Gasteiger partial charge in [0, 0.05) is 17.6 Å². The molecule has 0 aliphatic carbocycles. The summed E-state index contributed by atoms with van der Waals surface area (Å²) in [6.45, 7) is 4.21. The molecular formula is C13H18ClNO2. The summed E-state index contributed by atoms with van der Waals surface area (Å²) in [4.78, 5) is 0. The van der Waals surface area contributed by atoms with E-state index in [9.17, 15) is 0 Å². The third kappa shape index (κ3) is 4.67. The molecule has 0 radical (unpaired) electrons. The van der Waals surface area contributed by atoms with Crippen LogP contribution in [0.2, 0.25) is 0 Å². The maximum atomic E-state index is 5.61. The number of hydrogen-bond acceptors (Lipinski definition) is 3. The van der Waals surface area contributed by atoms with Gasteiger partial charge in [-0.15, -0.1) is 0 Å². The normalized spacial score (nSPS) is 10.8. The maximum Gasteiger partial charge on any atom is 0.124 e. The van der Waals surface area contributed by atoms with Gasteiger partial charge >= 0.3 is 0 Å². The van der Waals surface area contributed by atoms with Crippen LogP contribution in [0.3, 0.4) is 0 Å². The highest BCUT2D eigenvalue weighted by atomic mass is 35.5. The van der Waals surface area contributed by atoms with E-state index in [4.69, 9.17) is 21.1 Å². The van der Waals surface area contributed by atoms with Crippen LogP contribution >= 0.6 is 11.6 Å². The summed E-state index contributed by atoms with van der Waals surface area (Å²) < 4.78 is 10.8. The minimum absolute atomic E-state index is 0.467. The zero-order valence-corrected chi connectivity index (χ0v) is 11.0. The maximum absolute atomic E-state index is 5.61. The van der Waals surface area contributed by atoms with Crippen LogP contribution in [-0.2, 0) is 6.54 Å². The Morgan fingerprint density at radius 3 is 2.88 bits per heavy atom. The molecule has 94 valence electrons. The van der Waals surface area contributed by atoms with Crippen LogP contribution in [-0.4, -0.2) is 20.3 Å². The molecule has 0 saturated heterocycles. The van der Waals surface area contributed by atoms with Gasteiger partial charge < -0.3 is 14.8 Å². The monoisotopic (exact) mass is 255 g/mol. The van der Waals surface area contributed by atoms with Crippen molar-refractivity contribution in [1.82, 2.24) is 5.32 Å². The third-order valence-corrected chi connectivity index (χ3v) is 2.44. The van der Waals surface area contributed by atoms with Gasteiger partial charge in [-0.25, -0.2) is 0 Å². The molecule has 0 bridgehead atoms. The van der Waals surface area contributed by atoms with E-state index in [1.54, 1.807) is 13.2 Å². The van der Waals surface area contributed by atoms with Crippen molar-refractivity contribution in [2.45, 2.75) is 13.5 Å². The zero-order valence-electron chi connectivity index (χ0n) is 10.2. The molecule has 0 saturated carbocycles. The van der Waals surface area contributed by atoms with E-state index in [1.807, 2.05) is 18.2 Å². The quantitative estimate of drug-likeness (QED) is 0.813. The number of ether oxygens (including phenoxy) is 2. The predicted octanol–water partition coefficient (Wildman–Crippen LogP) is 2.94. The van der Waals surface area contributed by atoms with E-state index in [-0.39, 0.29) is 0 Å². The van der Waals surface area contributed by atoms with E-state index in [2.05, 4.69) is 12.2 Å². The van der Waals surface area contributed by atoms with Gasteiger partial charge in [0.05, 0.1) is 7.11 Å². The topological polar surface area (TPSA) is 30.5 Å². The minimum atomic E-state index is 0.467. The van der Waals surface area contributed by atoms with E-state index in [0.29, 0.717) is 6.61 Å². The van der Waals surface area contributed by atoms with Gasteiger partial charge in [-0.1, -0.05) is 18.5 Å². The van der Waals surface area contributed by atoms with Crippen molar-refractivity contribution in [2.75, 3.05) is 20.3 Å². The summed E-state index contributed by atoms with van der Waals surface area (Å²) in [5.74, 6) is 1.68. The van der Waals surface area contributed by atoms with Crippen molar-refractivity contribution < 1.29 is 9.47 Å². The lowest BCUT2D eigenvalue weighted by Gasteiger charge is -2.12. The molecule has 0 aliphatic rings. The van der Waals surface area contributed by atoms with Crippen molar-refractivity contribution in [1.29, 1.82) is 0 Å². The minimum Gasteiger partial charge on any atom is -0.497 e. The molecule has 0 unspecified atom stereocenters. The lowest BCUT2D eigenvalue weighted by Crippen LogP contribution is -2.13. The number of hydrogen-bond donors (Lipinski definition) is 1. The zero-order chi connectivity index (χ0) is 12.5. The Hall–Kier alpha value is -1.19. The molecule has 0 spiro atoms. The Balaban J connectivity index is 2.77. The van der Waals surface area contributed by atoms with Crippen LogP contribution in [0.5, 0.6) is 11.5 Å². The van der Waals surface area contributed by atoms with Gasteiger partial charge in [-0.3, -0.25) is 0 Å². The molecule has 17 heavy (non-hydrogen) atoms.